The van der Waals surface area contributed by atoms with Gasteiger partial charge in [0.1, 0.15) is 0 Å². The Morgan fingerprint density at radius 1 is 1.35 bits per heavy atom. The van der Waals surface area contributed by atoms with Gasteiger partial charge in [-0.1, -0.05) is 13.8 Å². The van der Waals surface area contributed by atoms with Gasteiger partial charge >= 0.3 is 0 Å². The highest BCUT2D eigenvalue weighted by atomic mass is 16.2. The first kappa shape index (κ1) is 12.9. The van der Waals surface area contributed by atoms with Crippen LogP contribution in [0.15, 0.2) is 0 Å². The lowest BCUT2D eigenvalue weighted by Crippen LogP contribution is -2.40. The van der Waals surface area contributed by atoms with Gasteiger partial charge in [0.25, 0.3) is 0 Å². The Labute approximate surface area is 105 Å². The van der Waals surface area contributed by atoms with Crippen LogP contribution in [0.1, 0.15) is 52.4 Å². The van der Waals surface area contributed by atoms with E-state index in [2.05, 4.69) is 18.7 Å². The average Bonchev–Trinajstić information content (AvgIpc) is 2.85. The molecule has 2 aliphatic rings. The van der Waals surface area contributed by atoms with E-state index in [-0.39, 0.29) is 12.0 Å². The first-order chi connectivity index (χ1) is 8.08. The third kappa shape index (κ3) is 3.01. The van der Waals surface area contributed by atoms with Crippen LogP contribution in [0.25, 0.3) is 0 Å². The number of hydrogen-bond acceptors (Lipinski definition) is 2. The number of amides is 1. The van der Waals surface area contributed by atoms with Crippen molar-refractivity contribution in [3.8, 4) is 0 Å². The summed E-state index contributed by atoms with van der Waals surface area (Å²) < 4.78 is 0. The van der Waals surface area contributed by atoms with Crippen LogP contribution in [0, 0.1) is 11.8 Å². The summed E-state index contributed by atoms with van der Waals surface area (Å²) >= 11 is 0. The van der Waals surface area contributed by atoms with Gasteiger partial charge in [0, 0.05) is 24.5 Å². The lowest BCUT2D eigenvalue weighted by atomic mass is 10.00. The largest absolute Gasteiger partial charge is 0.339 e. The molecule has 1 saturated carbocycles. The molecule has 1 heterocycles. The van der Waals surface area contributed by atoms with E-state index in [4.69, 9.17) is 5.73 Å². The standard InChI is InChI=1S/C14H26N2O/c1-10(2)8-13-4-3-7-16(13)14(17)11-5-6-12(15)9-11/h10-13H,3-9,15H2,1-2H3/t11-,12-,13+/m1/s1. The van der Waals surface area contributed by atoms with Crippen molar-refractivity contribution in [3.05, 3.63) is 0 Å². The van der Waals surface area contributed by atoms with Crippen LogP contribution in [-0.4, -0.2) is 29.4 Å². The molecule has 0 aromatic heterocycles. The monoisotopic (exact) mass is 238 g/mol. The van der Waals surface area contributed by atoms with E-state index >= 15 is 0 Å². The summed E-state index contributed by atoms with van der Waals surface area (Å²) in [4.78, 5) is 14.6. The van der Waals surface area contributed by atoms with Gasteiger partial charge < -0.3 is 10.6 Å². The SMILES string of the molecule is CC(C)C[C@@H]1CCCN1C(=O)[C@@H]1CC[C@@H](N)C1. The van der Waals surface area contributed by atoms with Crippen molar-refractivity contribution in [2.45, 2.75) is 64.5 Å². The van der Waals surface area contributed by atoms with Crippen molar-refractivity contribution in [1.82, 2.24) is 4.90 Å². The molecule has 0 bridgehead atoms. The highest BCUT2D eigenvalue weighted by Crippen LogP contribution is 2.31. The minimum absolute atomic E-state index is 0.220. The van der Waals surface area contributed by atoms with Gasteiger partial charge in [0.2, 0.25) is 5.91 Å². The fraction of sp³-hybridized carbons (Fsp3) is 0.929. The summed E-state index contributed by atoms with van der Waals surface area (Å²) in [7, 11) is 0. The number of nitrogens with two attached hydrogens (primary N) is 1. The van der Waals surface area contributed by atoms with Crippen LogP contribution in [0.2, 0.25) is 0 Å². The van der Waals surface area contributed by atoms with E-state index < -0.39 is 0 Å². The van der Waals surface area contributed by atoms with Gasteiger partial charge in [-0.3, -0.25) is 4.79 Å². The molecule has 3 atom stereocenters. The minimum atomic E-state index is 0.220. The first-order valence-corrected chi connectivity index (χ1v) is 7.14. The Morgan fingerprint density at radius 3 is 2.71 bits per heavy atom. The predicted molar refractivity (Wildman–Crippen MR) is 69.5 cm³/mol. The van der Waals surface area contributed by atoms with E-state index in [1.807, 2.05) is 0 Å². The zero-order chi connectivity index (χ0) is 12.4. The van der Waals surface area contributed by atoms with Crippen molar-refractivity contribution in [3.63, 3.8) is 0 Å². The molecular weight excluding hydrogens is 212 g/mol. The lowest BCUT2D eigenvalue weighted by molar-refractivity contribution is -0.136. The second kappa shape index (κ2) is 5.38. The van der Waals surface area contributed by atoms with Crippen molar-refractivity contribution >= 4 is 5.91 Å². The first-order valence-electron chi connectivity index (χ1n) is 7.14. The van der Waals surface area contributed by atoms with Crippen molar-refractivity contribution in [2.24, 2.45) is 17.6 Å². The summed E-state index contributed by atoms with van der Waals surface area (Å²) in [6.45, 7) is 5.46. The van der Waals surface area contributed by atoms with Gasteiger partial charge in [-0.05, 0) is 44.4 Å². The van der Waals surface area contributed by atoms with E-state index in [1.54, 1.807) is 0 Å². The molecule has 1 aliphatic carbocycles. The smallest absolute Gasteiger partial charge is 0.225 e. The van der Waals surface area contributed by atoms with Crippen LogP contribution in [0.4, 0.5) is 0 Å². The minimum Gasteiger partial charge on any atom is -0.339 e. The van der Waals surface area contributed by atoms with Crippen molar-refractivity contribution in [1.29, 1.82) is 0 Å². The molecule has 1 saturated heterocycles. The molecule has 2 N–H and O–H groups in total. The zero-order valence-electron chi connectivity index (χ0n) is 11.2. The third-order valence-corrected chi connectivity index (χ3v) is 4.23. The Balaban J connectivity index is 1.93. The van der Waals surface area contributed by atoms with Crippen LogP contribution in [-0.2, 0) is 4.79 Å². The summed E-state index contributed by atoms with van der Waals surface area (Å²) in [5.74, 6) is 1.29. The lowest BCUT2D eigenvalue weighted by Gasteiger charge is -2.28. The maximum absolute atomic E-state index is 12.5. The highest BCUT2D eigenvalue weighted by Gasteiger charge is 2.36. The Hall–Kier alpha value is -0.570. The second-order valence-corrected chi connectivity index (χ2v) is 6.23. The normalized spacial score (nSPS) is 33.6. The number of likely N-dealkylation sites (tertiary alicyclic amines) is 1. The predicted octanol–water partition coefficient (Wildman–Crippen LogP) is 2.15. The molecule has 1 amide bonds. The topological polar surface area (TPSA) is 46.3 Å². The molecule has 3 heteroatoms. The maximum atomic E-state index is 12.5. The molecule has 17 heavy (non-hydrogen) atoms. The molecule has 0 aromatic carbocycles. The van der Waals surface area contributed by atoms with E-state index in [1.165, 1.54) is 12.8 Å². The number of nitrogens with zero attached hydrogens (tertiary/aromatic N) is 1. The number of carbonyl (C=O) groups excluding carboxylic acids is 1. The summed E-state index contributed by atoms with van der Waals surface area (Å²) in [6, 6.07) is 0.759. The highest BCUT2D eigenvalue weighted by molar-refractivity contribution is 5.79. The van der Waals surface area contributed by atoms with Gasteiger partial charge in [-0.25, -0.2) is 0 Å². The number of hydrogen-bond donors (Lipinski definition) is 1. The van der Waals surface area contributed by atoms with E-state index in [0.29, 0.717) is 17.9 Å². The van der Waals surface area contributed by atoms with Gasteiger partial charge in [0.15, 0.2) is 0 Å². The Morgan fingerprint density at radius 2 is 2.12 bits per heavy atom. The van der Waals surface area contributed by atoms with Gasteiger partial charge in [0.05, 0.1) is 0 Å². The third-order valence-electron chi connectivity index (χ3n) is 4.23. The summed E-state index contributed by atoms with van der Waals surface area (Å²) in [5, 5.41) is 0. The molecule has 2 rings (SSSR count). The number of carbonyl (C=O) groups is 1. The molecule has 98 valence electrons. The molecule has 0 aromatic rings. The Kier molecular flexibility index (Phi) is 4.08. The molecule has 2 fully saturated rings. The molecule has 0 unspecified atom stereocenters. The van der Waals surface area contributed by atoms with Crippen LogP contribution in [0.5, 0.6) is 0 Å². The van der Waals surface area contributed by atoms with Gasteiger partial charge in [-0.2, -0.15) is 0 Å². The fourth-order valence-electron chi connectivity index (χ4n) is 3.39. The van der Waals surface area contributed by atoms with E-state index in [0.717, 1.165) is 32.2 Å². The number of rotatable bonds is 3. The molecule has 3 nitrogen and oxygen atoms in total. The van der Waals surface area contributed by atoms with Crippen molar-refractivity contribution < 1.29 is 4.79 Å². The quantitative estimate of drug-likeness (QED) is 0.819. The zero-order valence-corrected chi connectivity index (χ0v) is 11.2. The Bertz CT molecular complexity index is 277. The van der Waals surface area contributed by atoms with Crippen LogP contribution < -0.4 is 5.73 Å². The summed E-state index contributed by atoms with van der Waals surface area (Å²) in [5.41, 5.74) is 5.91. The maximum Gasteiger partial charge on any atom is 0.225 e. The molecular formula is C14H26N2O. The molecule has 1 aliphatic heterocycles. The molecule has 0 radical (unpaired) electrons. The van der Waals surface area contributed by atoms with Crippen molar-refractivity contribution in [2.75, 3.05) is 6.54 Å². The average molecular weight is 238 g/mol. The fourth-order valence-corrected chi connectivity index (χ4v) is 3.39. The van der Waals surface area contributed by atoms with Crippen LogP contribution >= 0.6 is 0 Å². The van der Waals surface area contributed by atoms with Crippen LogP contribution in [0.3, 0.4) is 0 Å². The van der Waals surface area contributed by atoms with Gasteiger partial charge in [-0.15, -0.1) is 0 Å². The summed E-state index contributed by atoms with van der Waals surface area (Å²) in [6.07, 6.45) is 6.48. The molecule has 0 spiro atoms. The van der Waals surface area contributed by atoms with E-state index in [9.17, 15) is 4.79 Å². The second-order valence-electron chi connectivity index (χ2n) is 6.23.